The number of morpholine rings is 2. The van der Waals surface area contributed by atoms with Crippen LogP contribution in [0, 0.1) is 0 Å². The zero-order chi connectivity index (χ0) is 17.8. The quantitative estimate of drug-likeness (QED) is 0.751. The zero-order valence-corrected chi connectivity index (χ0v) is 15.3. The number of hydrogen-bond donors (Lipinski definition) is 0. The van der Waals surface area contributed by atoms with Crippen LogP contribution in [-0.4, -0.2) is 64.3 Å². The van der Waals surface area contributed by atoms with E-state index >= 15 is 0 Å². The van der Waals surface area contributed by atoms with Crippen LogP contribution in [0.3, 0.4) is 0 Å². The second kappa shape index (κ2) is 8.07. The van der Waals surface area contributed by atoms with Gasteiger partial charge in [-0.15, -0.1) is 0 Å². The van der Waals surface area contributed by atoms with Crippen molar-refractivity contribution in [2.75, 3.05) is 39.4 Å². The SMILES string of the molecule is S=C(N1CCOC(c2ccccn2)C1)N1CCOC(c2ccccn2)C1. The molecule has 0 bridgehead atoms. The number of aromatic nitrogens is 2. The third-order valence-electron chi connectivity index (χ3n) is 4.71. The summed E-state index contributed by atoms with van der Waals surface area (Å²) in [7, 11) is 0. The van der Waals surface area contributed by atoms with Gasteiger partial charge in [-0.05, 0) is 36.5 Å². The molecule has 7 heteroatoms. The maximum atomic E-state index is 5.91. The summed E-state index contributed by atoms with van der Waals surface area (Å²) in [6, 6.07) is 11.8. The lowest BCUT2D eigenvalue weighted by atomic mass is 10.1. The maximum absolute atomic E-state index is 5.91. The van der Waals surface area contributed by atoms with Crippen LogP contribution in [0.4, 0.5) is 0 Å². The highest BCUT2D eigenvalue weighted by Gasteiger charge is 2.30. The first kappa shape index (κ1) is 17.3. The molecule has 2 unspecified atom stereocenters. The predicted molar refractivity (Wildman–Crippen MR) is 102 cm³/mol. The highest BCUT2D eigenvalue weighted by Crippen LogP contribution is 2.24. The maximum Gasteiger partial charge on any atom is 0.171 e. The van der Waals surface area contributed by atoms with Crippen LogP contribution in [0.25, 0.3) is 0 Å². The Balaban J connectivity index is 1.42. The fourth-order valence-corrected chi connectivity index (χ4v) is 3.67. The summed E-state index contributed by atoms with van der Waals surface area (Å²) in [5.74, 6) is 0. The van der Waals surface area contributed by atoms with Crippen LogP contribution in [0.1, 0.15) is 23.6 Å². The topological polar surface area (TPSA) is 50.7 Å². The van der Waals surface area contributed by atoms with E-state index in [1.807, 2.05) is 36.4 Å². The van der Waals surface area contributed by atoms with E-state index in [0.29, 0.717) is 13.2 Å². The molecule has 26 heavy (non-hydrogen) atoms. The fourth-order valence-electron chi connectivity index (χ4n) is 3.34. The number of pyridine rings is 2. The molecule has 0 N–H and O–H groups in total. The summed E-state index contributed by atoms with van der Waals surface area (Å²) < 4.78 is 11.8. The minimum Gasteiger partial charge on any atom is -0.368 e. The molecule has 0 radical (unpaired) electrons. The second-order valence-corrected chi connectivity index (χ2v) is 6.77. The molecule has 0 spiro atoms. The summed E-state index contributed by atoms with van der Waals surface area (Å²) in [6.07, 6.45) is 3.51. The molecule has 2 aromatic heterocycles. The number of rotatable bonds is 2. The summed E-state index contributed by atoms with van der Waals surface area (Å²) in [5, 5.41) is 0.860. The molecule has 0 aliphatic carbocycles. The van der Waals surface area contributed by atoms with E-state index in [0.717, 1.165) is 42.7 Å². The van der Waals surface area contributed by atoms with E-state index < -0.39 is 0 Å². The van der Waals surface area contributed by atoms with Crippen LogP contribution in [-0.2, 0) is 9.47 Å². The van der Waals surface area contributed by atoms with Crippen molar-refractivity contribution in [3.63, 3.8) is 0 Å². The Labute approximate surface area is 158 Å². The van der Waals surface area contributed by atoms with Gasteiger partial charge < -0.3 is 19.3 Å². The Kier molecular flexibility index (Phi) is 5.38. The largest absolute Gasteiger partial charge is 0.368 e. The molecule has 2 fully saturated rings. The molecular formula is C19H22N4O2S. The molecule has 4 heterocycles. The summed E-state index contributed by atoms with van der Waals surface area (Å²) in [6.45, 7) is 4.34. The van der Waals surface area contributed by atoms with Crippen molar-refractivity contribution in [2.24, 2.45) is 0 Å². The molecule has 4 rings (SSSR count). The number of nitrogens with zero attached hydrogens (tertiary/aromatic N) is 4. The van der Waals surface area contributed by atoms with Crippen molar-refractivity contribution in [3.05, 3.63) is 60.2 Å². The first-order valence-electron chi connectivity index (χ1n) is 8.90. The minimum absolute atomic E-state index is 0.0458. The molecule has 2 aliphatic rings. The van der Waals surface area contributed by atoms with Gasteiger partial charge in [0.15, 0.2) is 5.11 Å². The van der Waals surface area contributed by atoms with Crippen LogP contribution in [0.5, 0.6) is 0 Å². The molecule has 136 valence electrons. The summed E-state index contributed by atoms with van der Waals surface area (Å²) >= 11 is 5.80. The molecule has 6 nitrogen and oxygen atoms in total. The van der Waals surface area contributed by atoms with Gasteiger partial charge in [-0.1, -0.05) is 12.1 Å². The lowest BCUT2D eigenvalue weighted by Gasteiger charge is -2.41. The molecular weight excluding hydrogens is 348 g/mol. The van der Waals surface area contributed by atoms with Crippen molar-refractivity contribution in [3.8, 4) is 0 Å². The van der Waals surface area contributed by atoms with E-state index in [2.05, 4.69) is 19.8 Å². The van der Waals surface area contributed by atoms with E-state index in [1.54, 1.807) is 12.4 Å². The Bertz CT molecular complexity index is 669. The average molecular weight is 370 g/mol. The third-order valence-corrected chi connectivity index (χ3v) is 5.23. The van der Waals surface area contributed by atoms with Gasteiger partial charge in [-0.25, -0.2) is 0 Å². The molecule has 0 aromatic carbocycles. The normalized spacial score (nSPS) is 23.7. The minimum atomic E-state index is -0.0458. The van der Waals surface area contributed by atoms with Gasteiger partial charge >= 0.3 is 0 Å². The third kappa shape index (κ3) is 3.85. The van der Waals surface area contributed by atoms with Gasteiger partial charge in [-0.2, -0.15) is 0 Å². The van der Waals surface area contributed by atoms with Gasteiger partial charge in [0.05, 0.1) is 37.7 Å². The van der Waals surface area contributed by atoms with Crippen LogP contribution >= 0.6 is 12.2 Å². The van der Waals surface area contributed by atoms with E-state index in [-0.39, 0.29) is 12.2 Å². The van der Waals surface area contributed by atoms with Gasteiger partial charge in [0.2, 0.25) is 0 Å². The molecule has 0 amide bonds. The fraction of sp³-hybridized carbons (Fsp3) is 0.421. The van der Waals surface area contributed by atoms with Crippen molar-refractivity contribution in [1.29, 1.82) is 0 Å². The van der Waals surface area contributed by atoms with Gasteiger partial charge in [-0.3, -0.25) is 9.97 Å². The van der Waals surface area contributed by atoms with Crippen molar-refractivity contribution in [1.82, 2.24) is 19.8 Å². The Morgan fingerprint density at radius 2 is 1.35 bits per heavy atom. The first-order valence-corrected chi connectivity index (χ1v) is 9.31. The monoisotopic (exact) mass is 370 g/mol. The number of thiocarbonyl (C=S) groups is 1. The average Bonchev–Trinajstić information content (AvgIpc) is 2.75. The molecule has 2 aromatic rings. The highest BCUT2D eigenvalue weighted by atomic mass is 32.1. The van der Waals surface area contributed by atoms with Gasteiger partial charge in [0.1, 0.15) is 12.2 Å². The van der Waals surface area contributed by atoms with Crippen LogP contribution in [0.15, 0.2) is 48.8 Å². The molecule has 2 atom stereocenters. The Morgan fingerprint density at radius 1 is 0.846 bits per heavy atom. The molecule has 2 saturated heterocycles. The summed E-state index contributed by atoms with van der Waals surface area (Å²) in [4.78, 5) is 13.3. The highest BCUT2D eigenvalue weighted by molar-refractivity contribution is 7.80. The van der Waals surface area contributed by atoms with Gasteiger partial charge in [0.25, 0.3) is 0 Å². The van der Waals surface area contributed by atoms with E-state index in [1.165, 1.54) is 0 Å². The standard InChI is InChI=1S/C19H22N4O2S/c26-19(22-9-11-24-17(13-22)15-5-1-3-7-20-15)23-10-12-25-18(14-23)16-6-2-4-8-21-16/h1-8,17-18H,9-14H2. The van der Waals surface area contributed by atoms with Crippen molar-refractivity contribution in [2.45, 2.75) is 12.2 Å². The lowest BCUT2D eigenvalue weighted by molar-refractivity contribution is -0.0281. The predicted octanol–water partition coefficient (Wildman–Crippen LogP) is 2.21. The van der Waals surface area contributed by atoms with Gasteiger partial charge in [0, 0.05) is 25.5 Å². The Morgan fingerprint density at radius 3 is 1.77 bits per heavy atom. The van der Waals surface area contributed by atoms with Crippen LogP contribution < -0.4 is 0 Å². The zero-order valence-electron chi connectivity index (χ0n) is 14.5. The van der Waals surface area contributed by atoms with Crippen LogP contribution in [0.2, 0.25) is 0 Å². The first-order chi connectivity index (χ1) is 12.8. The lowest BCUT2D eigenvalue weighted by Crippen LogP contribution is -2.52. The van der Waals surface area contributed by atoms with E-state index in [9.17, 15) is 0 Å². The second-order valence-electron chi connectivity index (χ2n) is 6.40. The summed E-state index contributed by atoms with van der Waals surface area (Å²) in [5.41, 5.74) is 1.90. The van der Waals surface area contributed by atoms with E-state index in [4.69, 9.17) is 21.7 Å². The number of hydrogen-bond acceptors (Lipinski definition) is 5. The van der Waals surface area contributed by atoms with Crippen molar-refractivity contribution >= 4 is 17.3 Å². The Hall–Kier alpha value is -2.09. The molecule has 0 saturated carbocycles. The smallest absolute Gasteiger partial charge is 0.171 e. The molecule has 2 aliphatic heterocycles. The number of ether oxygens (including phenoxy) is 2. The van der Waals surface area contributed by atoms with Crippen molar-refractivity contribution < 1.29 is 9.47 Å².